The van der Waals surface area contributed by atoms with Crippen LogP contribution >= 0.6 is 11.6 Å². The average molecular weight is 214 g/mol. The quantitative estimate of drug-likeness (QED) is 0.809. The Balaban J connectivity index is 2.95. The Morgan fingerprint density at radius 1 is 1.64 bits per heavy atom. The minimum Gasteiger partial charge on any atom is -0.481 e. The fourth-order valence-corrected chi connectivity index (χ4v) is 1.51. The molecule has 4 heteroatoms. The van der Waals surface area contributed by atoms with E-state index in [0.717, 1.165) is 11.1 Å². The third kappa shape index (κ3) is 2.47. The van der Waals surface area contributed by atoms with Gasteiger partial charge in [-0.15, -0.1) is 0 Å². The third-order valence-electron chi connectivity index (χ3n) is 2.10. The molecule has 1 aromatic carbocycles. The van der Waals surface area contributed by atoms with Gasteiger partial charge in [-0.25, -0.2) is 0 Å². The second-order valence-corrected chi connectivity index (χ2v) is 3.57. The number of aliphatic carboxylic acids is 1. The molecule has 0 aliphatic carbocycles. The second kappa shape index (κ2) is 4.44. The van der Waals surface area contributed by atoms with Crippen LogP contribution < -0.4 is 5.73 Å². The van der Waals surface area contributed by atoms with Crippen LogP contribution in [0.5, 0.6) is 0 Å². The van der Waals surface area contributed by atoms with Crippen LogP contribution in [0.2, 0.25) is 5.02 Å². The molecule has 1 atom stereocenters. The highest BCUT2D eigenvalue weighted by atomic mass is 35.5. The summed E-state index contributed by atoms with van der Waals surface area (Å²) in [5.41, 5.74) is 7.37. The predicted molar refractivity (Wildman–Crippen MR) is 55.4 cm³/mol. The van der Waals surface area contributed by atoms with Crippen LogP contribution in [0.25, 0.3) is 0 Å². The maximum absolute atomic E-state index is 10.5. The van der Waals surface area contributed by atoms with E-state index >= 15 is 0 Å². The van der Waals surface area contributed by atoms with E-state index in [1.165, 1.54) is 0 Å². The van der Waals surface area contributed by atoms with Crippen LogP contribution in [0.1, 0.15) is 23.6 Å². The maximum Gasteiger partial charge on any atom is 0.305 e. The normalized spacial score (nSPS) is 12.5. The molecule has 76 valence electrons. The molecule has 0 saturated carbocycles. The lowest BCUT2D eigenvalue weighted by atomic mass is 10.00. The summed E-state index contributed by atoms with van der Waals surface area (Å²) in [7, 11) is 0. The standard InChI is InChI=1S/C10H12ClNO2/c1-6-7(3-2-4-8(6)11)9(12)5-10(13)14/h2-4,9H,5,12H2,1H3,(H,13,14). The third-order valence-corrected chi connectivity index (χ3v) is 2.51. The number of carboxylic acid groups (broad SMARTS) is 1. The minimum atomic E-state index is -0.906. The van der Waals surface area contributed by atoms with Crippen molar-refractivity contribution in [2.75, 3.05) is 0 Å². The van der Waals surface area contributed by atoms with Gasteiger partial charge in [0.25, 0.3) is 0 Å². The summed E-state index contributed by atoms with van der Waals surface area (Å²) in [5, 5.41) is 9.21. The maximum atomic E-state index is 10.5. The molecule has 0 aromatic heterocycles. The Bertz CT molecular complexity index is 352. The molecular weight excluding hydrogens is 202 g/mol. The SMILES string of the molecule is Cc1c(Cl)cccc1C(N)CC(=O)O. The van der Waals surface area contributed by atoms with Crippen LogP contribution in [0, 0.1) is 6.92 Å². The van der Waals surface area contributed by atoms with Gasteiger partial charge in [-0.1, -0.05) is 23.7 Å². The molecular formula is C10H12ClNO2. The van der Waals surface area contributed by atoms with Crippen LogP contribution in [0.3, 0.4) is 0 Å². The summed E-state index contributed by atoms with van der Waals surface area (Å²) in [5.74, 6) is -0.906. The van der Waals surface area contributed by atoms with Crippen LogP contribution in [-0.2, 0) is 4.79 Å². The van der Waals surface area contributed by atoms with Gasteiger partial charge in [0.15, 0.2) is 0 Å². The molecule has 0 heterocycles. The van der Waals surface area contributed by atoms with E-state index in [9.17, 15) is 4.79 Å². The first kappa shape index (κ1) is 11.0. The van der Waals surface area contributed by atoms with Gasteiger partial charge in [0.05, 0.1) is 6.42 Å². The molecule has 1 unspecified atom stereocenters. The number of carbonyl (C=O) groups is 1. The Hall–Kier alpha value is -1.06. The summed E-state index contributed by atoms with van der Waals surface area (Å²) in [6, 6.07) is 4.83. The first-order chi connectivity index (χ1) is 6.52. The molecule has 0 fully saturated rings. The van der Waals surface area contributed by atoms with Crippen molar-refractivity contribution in [2.24, 2.45) is 5.73 Å². The minimum absolute atomic E-state index is 0.0822. The highest BCUT2D eigenvalue weighted by Crippen LogP contribution is 2.24. The largest absolute Gasteiger partial charge is 0.481 e. The highest BCUT2D eigenvalue weighted by molar-refractivity contribution is 6.31. The van der Waals surface area contributed by atoms with E-state index in [-0.39, 0.29) is 6.42 Å². The number of hydrogen-bond acceptors (Lipinski definition) is 2. The molecule has 0 amide bonds. The van der Waals surface area contributed by atoms with Gasteiger partial charge >= 0.3 is 5.97 Å². The van der Waals surface area contributed by atoms with Gasteiger partial charge in [0, 0.05) is 11.1 Å². The Kier molecular flexibility index (Phi) is 3.49. The number of carboxylic acids is 1. The summed E-state index contributed by atoms with van der Waals surface area (Å²) in [4.78, 5) is 10.5. The van der Waals surface area contributed by atoms with Crippen LogP contribution in [-0.4, -0.2) is 11.1 Å². The molecule has 3 nitrogen and oxygen atoms in total. The number of benzene rings is 1. The van der Waals surface area contributed by atoms with Crippen molar-refractivity contribution < 1.29 is 9.90 Å². The highest BCUT2D eigenvalue weighted by Gasteiger charge is 2.13. The van der Waals surface area contributed by atoms with E-state index in [2.05, 4.69) is 0 Å². The Morgan fingerprint density at radius 2 is 2.29 bits per heavy atom. The fourth-order valence-electron chi connectivity index (χ4n) is 1.32. The molecule has 1 rings (SSSR count). The van der Waals surface area contributed by atoms with Gasteiger partial charge in [-0.2, -0.15) is 0 Å². The predicted octanol–water partition coefficient (Wildman–Crippen LogP) is 2.12. The molecule has 0 spiro atoms. The van der Waals surface area contributed by atoms with Crippen molar-refractivity contribution in [3.8, 4) is 0 Å². The molecule has 0 bridgehead atoms. The zero-order valence-electron chi connectivity index (χ0n) is 7.83. The fraction of sp³-hybridized carbons (Fsp3) is 0.300. The summed E-state index contributed by atoms with van der Waals surface area (Å²) < 4.78 is 0. The molecule has 3 N–H and O–H groups in total. The van der Waals surface area contributed by atoms with Crippen molar-refractivity contribution in [2.45, 2.75) is 19.4 Å². The topological polar surface area (TPSA) is 63.3 Å². The first-order valence-electron chi connectivity index (χ1n) is 4.24. The van der Waals surface area contributed by atoms with Crippen molar-refractivity contribution >= 4 is 17.6 Å². The number of hydrogen-bond donors (Lipinski definition) is 2. The lowest BCUT2D eigenvalue weighted by molar-refractivity contribution is -0.137. The number of nitrogens with two attached hydrogens (primary N) is 1. The lowest BCUT2D eigenvalue weighted by Gasteiger charge is -2.13. The summed E-state index contributed by atoms with van der Waals surface area (Å²) in [6.07, 6.45) is -0.0822. The monoisotopic (exact) mass is 213 g/mol. The van der Waals surface area contributed by atoms with Crippen molar-refractivity contribution in [1.82, 2.24) is 0 Å². The Morgan fingerprint density at radius 3 is 2.86 bits per heavy atom. The zero-order valence-corrected chi connectivity index (χ0v) is 8.58. The van der Waals surface area contributed by atoms with E-state index in [0.29, 0.717) is 5.02 Å². The van der Waals surface area contributed by atoms with Crippen molar-refractivity contribution in [3.05, 3.63) is 34.3 Å². The number of halogens is 1. The first-order valence-corrected chi connectivity index (χ1v) is 4.62. The summed E-state index contributed by atoms with van der Waals surface area (Å²) in [6.45, 7) is 1.83. The van der Waals surface area contributed by atoms with E-state index < -0.39 is 12.0 Å². The van der Waals surface area contributed by atoms with Gasteiger partial charge in [0.1, 0.15) is 0 Å². The van der Waals surface area contributed by atoms with Crippen molar-refractivity contribution in [1.29, 1.82) is 0 Å². The molecule has 1 aromatic rings. The molecule has 0 aliphatic heterocycles. The van der Waals surface area contributed by atoms with Gasteiger partial charge in [-0.3, -0.25) is 4.79 Å². The summed E-state index contributed by atoms with van der Waals surface area (Å²) >= 11 is 5.89. The zero-order chi connectivity index (χ0) is 10.7. The Labute approximate surface area is 87.5 Å². The van der Waals surface area contributed by atoms with Gasteiger partial charge < -0.3 is 10.8 Å². The second-order valence-electron chi connectivity index (χ2n) is 3.16. The van der Waals surface area contributed by atoms with Gasteiger partial charge in [0.2, 0.25) is 0 Å². The lowest BCUT2D eigenvalue weighted by Crippen LogP contribution is -2.16. The molecule has 0 saturated heterocycles. The van der Waals surface area contributed by atoms with E-state index in [1.54, 1.807) is 18.2 Å². The molecule has 0 aliphatic rings. The molecule has 0 radical (unpaired) electrons. The van der Waals surface area contributed by atoms with Gasteiger partial charge in [-0.05, 0) is 24.1 Å². The molecule has 14 heavy (non-hydrogen) atoms. The van der Waals surface area contributed by atoms with Crippen molar-refractivity contribution in [3.63, 3.8) is 0 Å². The van der Waals surface area contributed by atoms with Crippen LogP contribution in [0.15, 0.2) is 18.2 Å². The average Bonchev–Trinajstić information content (AvgIpc) is 2.08. The van der Waals surface area contributed by atoms with E-state index in [1.807, 2.05) is 6.92 Å². The van der Waals surface area contributed by atoms with E-state index in [4.69, 9.17) is 22.4 Å². The van der Waals surface area contributed by atoms with Crippen LogP contribution in [0.4, 0.5) is 0 Å². The smallest absolute Gasteiger partial charge is 0.305 e. The number of rotatable bonds is 3.